The van der Waals surface area contributed by atoms with E-state index in [9.17, 15) is 27.6 Å². The van der Waals surface area contributed by atoms with Gasteiger partial charge in [-0.3, -0.25) is 9.59 Å². The van der Waals surface area contributed by atoms with Crippen LogP contribution in [0, 0.1) is 17.5 Å². The second-order valence-corrected chi connectivity index (χ2v) is 4.02. The van der Waals surface area contributed by atoms with Crippen molar-refractivity contribution in [2.45, 2.75) is 18.9 Å². The summed E-state index contributed by atoms with van der Waals surface area (Å²) in [7, 11) is 0. The van der Waals surface area contributed by atoms with E-state index in [0.717, 1.165) is 0 Å². The monoisotopic (exact) mass is 305 g/mol. The van der Waals surface area contributed by atoms with E-state index < -0.39 is 59.7 Å². The summed E-state index contributed by atoms with van der Waals surface area (Å²) >= 11 is 0. The van der Waals surface area contributed by atoms with Gasteiger partial charge in [0.25, 0.3) is 5.91 Å². The number of amides is 1. The second kappa shape index (κ2) is 6.73. The first-order valence-corrected chi connectivity index (χ1v) is 5.63. The number of carboxylic acid groups (broad SMARTS) is 2. The first kappa shape index (κ1) is 16.5. The van der Waals surface area contributed by atoms with Gasteiger partial charge in [0.15, 0.2) is 17.5 Å². The topological polar surface area (TPSA) is 104 Å². The molecule has 0 aliphatic heterocycles. The molecule has 0 aliphatic carbocycles. The molecule has 9 heteroatoms. The van der Waals surface area contributed by atoms with Crippen molar-refractivity contribution < 1.29 is 37.8 Å². The summed E-state index contributed by atoms with van der Waals surface area (Å²) in [5.74, 6) is -9.22. The van der Waals surface area contributed by atoms with E-state index >= 15 is 0 Å². The Morgan fingerprint density at radius 3 is 2.24 bits per heavy atom. The molecule has 0 spiro atoms. The van der Waals surface area contributed by atoms with Gasteiger partial charge in [-0.05, 0) is 18.6 Å². The molecule has 0 saturated carbocycles. The Morgan fingerprint density at radius 2 is 1.71 bits per heavy atom. The van der Waals surface area contributed by atoms with E-state index in [1.54, 1.807) is 0 Å². The Bertz CT molecular complexity index is 591. The van der Waals surface area contributed by atoms with Crippen molar-refractivity contribution in [2.75, 3.05) is 0 Å². The summed E-state index contributed by atoms with van der Waals surface area (Å²) < 4.78 is 39.1. The van der Waals surface area contributed by atoms with Crippen LogP contribution in [0.1, 0.15) is 23.2 Å². The van der Waals surface area contributed by atoms with Crippen molar-refractivity contribution in [2.24, 2.45) is 0 Å². The highest BCUT2D eigenvalue weighted by atomic mass is 19.2. The summed E-state index contributed by atoms with van der Waals surface area (Å²) in [6.07, 6.45) is -0.987. The SMILES string of the molecule is O=C(O)CC[C@H](NC(=O)c1ccc(F)c(F)c1F)C(=O)O. The van der Waals surface area contributed by atoms with Crippen molar-refractivity contribution in [1.29, 1.82) is 0 Å². The van der Waals surface area contributed by atoms with Crippen molar-refractivity contribution in [1.82, 2.24) is 5.32 Å². The Hall–Kier alpha value is -2.58. The standard InChI is InChI=1S/C12H10F3NO5/c13-6-2-1-5(9(14)10(6)15)11(19)16-7(12(20)21)3-4-8(17)18/h1-2,7H,3-4H2,(H,16,19)(H,17,18)(H,20,21)/t7-/m0/s1. The fraction of sp³-hybridized carbons (Fsp3) is 0.250. The summed E-state index contributed by atoms with van der Waals surface area (Å²) in [5, 5.41) is 19.1. The molecule has 0 aromatic heterocycles. The Labute approximate surface area is 116 Å². The number of hydrogen-bond acceptors (Lipinski definition) is 3. The Balaban J connectivity index is 2.90. The minimum atomic E-state index is -1.86. The molecule has 0 saturated heterocycles. The van der Waals surface area contributed by atoms with Gasteiger partial charge < -0.3 is 15.5 Å². The molecule has 0 heterocycles. The minimum Gasteiger partial charge on any atom is -0.481 e. The molecule has 3 N–H and O–H groups in total. The van der Waals surface area contributed by atoms with Gasteiger partial charge in [0, 0.05) is 6.42 Å². The summed E-state index contributed by atoms with van der Waals surface area (Å²) in [5.41, 5.74) is -0.879. The molecule has 114 valence electrons. The molecule has 1 amide bonds. The van der Waals surface area contributed by atoms with Crippen LogP contribution in [0.3, 0.4) is 0 Å². The smallest absolute Gasteiger partial charge is 0.326 e. The molecular formula is C12H10F3NO5. The van der Waals surface area contributed by atoms with Crippen molar-refractivity contribution in [3.8, 4) is 0 Å². The molecule has 0 radical (unpaired) electrons. The molecule has 0 aliphatic rings. The lowest BCUT2D eigenvalue weighted by molar-refractivity contribution is -0.140. The number of carboxylic acids is 2. The highest BCUT2D eigenvalue weighted by Gasteiger charge is 2.25. The largest absolute Gasteiger partial charge is 0.481 e. The molecule has 1 rings (SSSR count). The van der Waals surface area contributed by atoms with Crippen LogP contribution in [-0.4, -0.2) is 34.1 Å². The van der Waals surface area contributed by atoms with Gasteiger partial charge in [0.05, 0.1) is 5.56 Å². The third-order valence-corrected chi connectivity index (χ3v) is 2.53. The maximum atomic E-state index is 13.4. The van der Waals surface area contributed by atoms with Crippen LogP contribution in [-0.2, 0) is 9.59 Å². The van der Waals surface area contributed by atoms with Crippen LogP contribution in [0.5, 0.6) is 0 Å². The third-order valence-electron chi connectivity index (χ3n) is 2.53. The lowest BCUT2D eigenvalue weighted by Crippen LogP contribution is -2.41. The summed E-state index contributed by atoms with van der Waals surface area (Å²) in [6, 6.07) is -0.430. The molecule has 1 aromatic rings. The van der Waals surface area contributed by atoms with Gasteiger partial charge in [0.1, 0.15) is 6.04 Å². The summed E-state index contributed by atoms with van der Waals surface area (Å²) in [4.78, 5) is 32.8. The average Bonchev–Trinajstić information content (AvgIpc) is 2.40. The van der Waals surface area contributed by atoms with E-state index in [0.29, 0.717) is 12.1 Å². The molecule has 21 heavy (non-hydrogen) atoms. The van der Waals surface area contributed by atoms with Crippen molar-refractivity contribution in [3.05, 3.63) is 35.1 Å². The zero-order valence-corrected chi connectivity index (χ0v) is 10.4. The van der Waals surface area contributed by atoms with E-state index in [-0.39, 0.29) is 0 Å². The predicted octanol–water partition coefficient (Wildman–Crippen LogP) is 1.15. The minimum absolute atomic E-state index is 0.443. The number of nitrogens with one attached hydrogen (secondary N) is 1. The lowest BCUT2D eigenvalue weighted by atomic mass is 10.1. The van der Waals surface area contributed by atoms with Gasteiger partial charge in [0.2, 0.25) is 0 Å². The zero-order valence-electron chi connectivity index (χ0n) is 10.4. The van der Waals surface area contributed by atoms with Crippen molar-refractivity contribution >= 4 is 17.8 Å². The van der Waals surface area contributed by atoms with Crippen LogP contribution in [0.4, 0.5) is 13.2 Å². The highest BCUT2D eigenvalue weighted by molar-refractivity contribution is 5.96. The molecule has 0 bridgehead atoms. The number of aliphatic carboxylic acids is 2. The number of halogens is 3. The molecular weight excluding hydrogens is 295 g/mol. The van der Waals surface area contributed by atoms with Crippen LogP contribution in [0.2, 0.25) is 0 Å². The van der Waals surface area contributed by atoms with Crippen LogP contribution in [0.15, 0.2) is 12.1 Å². The fourth-order valence-electron chi connectivity index (χ4n) is 1.46. The van der Waals surface area contributed by atoms with E-state index in [4.69, 9.17) is 10.2 Å². The predicted molar refractivity (Wildman–Crippen MR) is 62.1 cm³/mol. The molecule has 1 atom stereocenters. The maximum Gasteiger partial charge on any atom is 0.326 e. The second-order valence-electron chi connectivity index (χ2n) is 4.02. The first-order valence-electron chi connectivity index (χ1n) is 5.63. The molecule has 0 fully saturated rings. The third kappa shape index (κ3) is 4.20. The van der Waals surface area contributed by atoms with Gasteiger partial charge in [-0.15, -0.1) is 0 Å². The van der Waals surface area contributed by atoms with Crippen LogP contribution in [0.25, 0.3) is 0 Å². The molecule has 6 nitrogen and oxygen atoms in total. The fourth-order valence-corrected chi connectivity index (χ4v) is 1.46. The quantitative estimate of drug-likeness (QED) is 0.684. The molecule has 1 aromatic carbocycles. The normalized spacial score (nSPS) is 11.8. The van der Waals surface area contributed by atoms with Gasteiger partial charge >= 0.3 is 11.9 Å². The summed E-state index contributed by atoms with van der Waals surface area (Å²) in [6.45, 7) is 0. The lowest BCUT2D eigenvalue weighted by Gasteiger charge is -2.14. The number of carbonyl (C=O) groups excluding carboxylic acids is 1. The number of benzene rings is 1. The number of hydrogen-bond donors (Lipinski definition) is 3. The van der Waals surface area contributed by atoms with Gasteiger partial charge in [-0.2, -0.15) is 0 Å². The van der Waals surface area contributed by atoms with Crippen LogP contribution >= 0.6 is 0 Å². The van der Waals surface area contributed by atoms with Crippen molar-refractivity contribution in [3.63, 3.8) is 0 Å². The van der Waals surface area contributed by atoms with E-state index in [1.807, 2.05) is 5.32 Å². The molecule has 0 unspecified atom stereocenters. The first-order chi connectivity index (χ1) is 9.73. The van der Waals surface area contributed by atoms with E-state index in [1.165, 1.54) is 0 Å². The van der Waals surface area contributed by atoms with E-state index in [2.05, 4.69) is 0 Å². The Kier molecular flexibility index (Phi) is 5.28. The number of carbonyl (C=O) groups is 3. The zero-order chi connectivity index (χ0) is 16.2. The highest BCUT2D eigenvalue weighted by Crippen LogP contribution is 2.15. The van der Waals surface area contributed by atoms with Gasteiger partial charge in [-0.25, -0.2) is 18.0 Å². The van der Waals surface area contributed by atoms with Gasteiger partial charge in [-0.1, -0.05) is 0 Å². The van der Waals surface area contributed by atoms with Crippen LogP contribution < -0.4 is 5.32 Å². The average molecular weight is 305 g/mol. The Morgan fingerprint density at radius 1 is 1.10 bits per heavy atom. The number of rotatable bonds is 6. The maximum absolute atomic E-state index is 13.4.